The van der Waals surface area contributed by atoms with Gasteiger partial charge in [0.2, 0.25) is 21.8 Å². The van der Waals surface area contributed by atoms with E-state index in [0.717, 1.165) is 38.5 Å². The molecule has 49 heavy (non-hydrogen) atoms. The van der Waals surface area contributed by atoms with Gasteiger partial charge in [0.05, 0.1) is 18.0 Å². The zero-order chi connectivity index (χ0) is 34.6. The summed E-state index contributed by atoms with van der Waals surface area (Å²) < 4.78 is 46.8. The normalized spacial score (nSPS) is 30.3. The van der Waals surface area contributed by atoms with Gasteiger partial charge in [0.1, 0.15) is 35.6 Å². The minimum atomic E-state index is -3.88. The Morgan fingerprint density at radius 1 is 1.04 bits per heavy atom. The van der Waals surface area contributed by atoms with Crippen LogP contribution in [0.1, 0.15) is 89.0 Å². The zero-order valence-corrected chi connectivity index (χ0v) is 28.2. The number of ether oxygens (including phenoxy) is 1. The summed E-state index contributed by atoms with van der Waals surface area (Å²) in [5.41, 5.74) is -1.05. The van der Waals surface area contributed by atoms with E-state index in [0.29, 0.717) is 37.7 Å². The van der Waals surface area contributed by atoms with E-state index >= 15 is 0 Å². The first-order valence-electron chi connectivity index (χ1n) is 17.3. The fourth-order valence-electron chi connectivity index (χ4n) is 6.94. The van der Waals surface area contributed by atoms with Crippen molar-refractivity contribution in [3.05, 3.63) is 47.8 Å². The van der Waals surface area contributed by atoms with Crippen molar-refractivity contribution in [2.45, 2.75) is 119 Å². The Morgan fingerprint density at radius 3 is 2.57 bits per heavy atom. The maximum absolute atomic E-state index is 14.2. The highest BCUT2D eigenvalue weighted by Gasteiger charge is 2.62. The van der Waals surface area contributed by atoms with Crippen molar-refractivity contribution in [2.24, 2.45) is 11.1 Å². The first-order chi connectivity index (χ1) is 23.5. The van der Waals surface area contributed by atoms with E-state index in [1.807, 2.05) is 12.2 Å². The van der Waals surface area contributed by atoms with Gasteiger partial charge in [-0.3, -0.25) is 19.1 Å². The lowest BCUT2D eigenvalue weighted by Crippen LogP contribution is -2.58. The number of carbonyl (C=O) groups is 4. The number of alkyl carbamates (subject to hydrolysis) is 1. The number of nitrogens with one attached hydrogen (secondary N) is 3. The number of carbonyl (C=O) groups excluding carboxylic acids is 4. The van der Waals surface area contributed by atoms with E-state index in [1.54, 1.807) is 6.07 Å². The molecule has 13 nitrogen and oxygen atoms in total. The molecule has 266 valence electrons. The molecule has 0 radical (unpaired) electrons. The summed E-state index contributed by atoms with van der Waals surface area (Å²) in [6, 6.07) is 3.65. The maximum atomic E-state index is 14.2. The number of hydrogen-bond donors (Lipinski definition) is 3. The van der Waals surface area contributed by atoms with Crippen LogP contribution in [0, 0.1) is 11.7 Å². The predicted octanol–water partition coefficient (Wildman–Crippen LogP) is 3.19. The molecule has 2 heterocycles. The predicted molar refractivity (Wildman–Crippen MR) is 176 cm³/mol. The van der Waals surface area contributed by atoms with Crippen molar-refractivity contribution >= 4 is 40.1 Å². The van der Waals surface area contributed by atoms with E-state index < -0.39 is 74.5 Å². The molecule has 5 aliphatic rings. The first-order valence-corrected chi connectivity index (χ1v) is 18.9. The van der Waals surface area contributed by atoms with E-state index in [9.17, 15) is 32.0 Å². The second kappa shape index (κ2) is 14.9. The lowest BCUT2D eigenvalue weighted by atomic mass is 10.0. The number of rotatable bonds is 8. The van der Waals surface area contributed by atoms with Crippen LogP contribution in [0.3, 0.4) is 0 Å². The number of oxime groups is 1. The SMILES string of the molecule is O=C(N[C@H]1CCCCC/C=C\[C@@H]2CC2(C(=O)NS(=O)(=O)C2CC2)NC(=O)[C@@H]2C[C@@H](O/N=C/c3cccc(F)c3)CN2C1=O)OC1CCCC1. The monoisotopic (exact) mass is 701 g/mol. The average molecular weight is 702 g/mol. The topological polar surface area (TPSA) is 173 Å². The van der Waals surface area contributed by atoms with E-state index in [-0.39, 0.29) is 25.5 Å². The van der Waals surface area contributed by atoms with Gasteiger partial charge >= 0.3 is 6.09 Å². The second-order valence-electron chi connectivity index (χ2n) is 13.8. The highest BCUT2D eigenvalue weighted by molar-refractivity contribution is 7.91. The van der Waals surface area contributed by atoms with Crippen LogP contribution < -0.4 is 15.4 Å². The molecule has 1 aromatic rings. The summed E-state index contributed by atoms with van der Waals surface area (Å²) in [5, 5.41) is 8.92. The minimum Gasteiger partial charge on any atom is -0.446 e. The van der Waals surface area contributed by atoms with Crippen LogP contribution in [-0.2, 0) is 34.0 Å². The largest absolute Gasteiger partial charge is 0.446 e. The van der Waals surface area contributed by atoms with Gasteiger partial charge < -0.3 is 25.1 Å². The Labute approximate surface area is 285 Å². The average Bonchev–Trinajstić information content (AvgIpc) is 3.93. The van der Waals surface area contributed by atoms with Gasteiger partial charge in [0.25, 0.3) is 5.91 Å². The van der Waals surface area contributed by atoms with Crippen molar-refractivity contribution in [3.63, 3.8) is 0 Å². The molecule has 3 N–H and O–H groups in total. The van der Waals surface area contributed by atoms with Crippen molar-refractivity contribution in [1.29, 1.82) is 0 Å². The molecule has 3 saturated carbocycles. The van der Waals surface area contributed by atoms with Crippen molar-refractivity contribution < 1.29 is 41.6 Å². The quantitative estimate of drug-likeness (QED) is 0.211. The van der Waals surface area contributed by atoms with Gasteiger partial charge in [0.15, 0.2) is 0 Å². The summed E-state index contributed by atoms with van der Waals surface area (Å²) in [6.45, 7) is -0.0498. The number of hydrogen-bond acceptors (Lipinski definition) is 9. The van der Waals surface area contributed by atoms with E-state index in [2.05, 4.69) is 20.5 Å². The van der Waals surface area contributed by atoms with Crippen LogP contribution in [0.15, 0.2) is 41.6 Å². The summed E-state index contributed by atoms with van der Waals surface area (Å²) in [4.78, 5) is 61.8. The number of benzene rings is 1. The molecule has 4 amide bonds. The molecule has 5 atom stereocenters. The van der Waals surface area contributed by atoms with Crippen LogP contribution in [0.5, 0.6) is 0 Å². The number of halogens is 1. The third-order valence-electron chi connectivity index (χ3n) is 9.97. The van der Waals surface area contributed by atoms with Crippen LogP contribution >= 0.6 is 0 Å². The number of allylic oxidation sites excluding steroid dienone is 1. The Hall–Kier alpha value is -4.01. The van der Waals surface area contributed by atoms with Gasteiger partial charge in [0, 0.05) is 12.3 Å². The molecule has 1 unspecified atom stereocenters. The van der Waals surface area contributed by atoms with Gasteiger partial charge in [-0.1, -0.05) is 42.3 Å². The zero-order valence-electron chi connectivity index (χ0n) is 27.4. The Balaban J connectivity index is 1.24. The third kappa shape index (κ3) is 8.60. The lowest BCUT2D eigenvalue weighted by molar-refractivity contribution is -0.141. The summed E-state index contributed by atoms with van der Waals surface area (Å²) in [6.07, 6.45) is 11.3. The molecule has 4 fully saturated rings. The summed E-state index contributed by atoms with van der Waals surface area (Å²) >= 11 is 0. The lowest BCUT2D eigenvalue weighted by Gasteiger charge is -2.30. The molecule has 0 aromatic heterocycles. The molecule has 2 aliphatic heterocycles. The molecule has 15 heteroatoms. The Morgan fingerprint density at radius 2 is 1.82 bits per heavy atom. The fraction of sp³-hybridized carbons (Fsp3) is 0.618. The minimum absolute atomic E-state index is 0.00980. The number of sulfonamides is 1. The highest BCUT2D eigenvalue weighted by Crippen LogP contribution is 2.46. The molecule has 3 aliphatic carbocycles. The van der Waals surface area contributed by atoms with Crippen LogP contribution in [0.4, 0.5) is 9.18 Å². The number of nitrogens with zero attached hydrogens (tertiary/aromatic N) is 2. The van der Waals surface area contributed by atoms with E-state index in [1.165, 1.54) is 29.3 Å². The van der Waals surface area contributed by atoms with Gasteiger partial charge in [-0.25, -0.2) is 17.6 Å². The summed E-state index contributed by atoms with van der Waals surface area (Å²) in [5.74, 6) is -2.82. The molecule has 0 spiro atoms. The second-order valence-corrected chi connectivity index (χ2v) is 15.7. The highest BCUT2D eigenvalue weighted by atomic mass is 32.2. The molecular formula is C34H44FN5O8S. The molecule has 6 rings (SSSR count). The van der Waals surface area contributed by atoms with Crippen LogP contribution in [0.2, 0.25) is 0 Å². The van der Waals surface area contributed by atoms with Crippen LogP contribution in [-0.4, -0.2) is 85.0 Å². The van der Waals surface area contributed by atoms with Gasteiger partial charge in [-0.05, 0) is 81.9 Å². The Kier molecular flexibility index (Phi) is 10.6. The smallest absolute Gasteiger partial charge is 0.408 e. The van der Waals surface area contributed by atoms with Crippen LogP contribution in [0.25, 0.3) is 0 Å². The molecule has 1 aromatic carbocycles. The van der Waals surface area contributed by atoms with Gasteiger partial charge in [-0.15, -0.1) is 0 Å². The number of amides is 4. The summed E-state index contributed by atoms with van der Waals surface area (Å²) in [7, 11) is -3.88. The Bertz CT molecular complexity index is 1590. The fourth-order valence-corrected chi connectivity index (χ4v) is 8.30. The van der Waals surface area contributed by atoms with E-state index in [4.69, 9.17) is 9.57 Å². The first kappa shape index (κ1) is 34.8. The van der Waals surface area contributed by atoms with Gasteiger partial charge in [-0.2, -0.15) is 0 Å². The van der Waals surface area contributed by atoms with Crippen molar-refractivity contribution in [1.82, 2.24) is 20.3 Å². The standard InChI is InChI=1S/C34H44FN5O8S/c35-24-11-8-9-22(17-24)20-36-48-26-18-29-30(41)38-34(32(43)39-49(45,46)27-15-16-27)19-23(34)10-4-2-1-3-5-14-28(31(42)40(29)21-26)37-33(44)47-25-12-6-7-13-25/h4,8-11,17,20,23,25-29H,1-3,5-7,12-16,18-19,21H2,(H,37,44)(H,38,41)(H,39,43)/b10-4-,36-20+/t23-,26-,28+,29+,34?/m1/s1. The molecule has 0 bridgehead atoms. The van der Waals surface area contributed by atoms with Crippen molar-refractivity contribution in [3.8, 4) is 0 Å². The van der Waals surface area contributed by atoms with Crippen molar-refractivity contribution in [2.75, 3.05) is 6.54 Å². The molecule has 1 saturated heterocycles. The molecular weight excluding hydrogens is 657 g/mol. The maximum Gasteiger partial charge on any atom is 0.408 e. The number of fused-ring (bicyclic) bond motifs is 2. The third-order valence-corrected chi connectivity index (χ3v) is 11.8.